The van der Waals surface area contributed by atoms with Crippen LogP contribution in [0.3, 0.4) is 0 Å². The quantitative estimate of drug-likeness (QED) is 0.924. The molecule has 0 saturated heterocycles. The molecule has 0 aliphatic heterocycles. The van der Waals surface area contributed by atoms with Crippen LogP contribution in [-0.4, -0.2) is 23.3 Å². The summed E-state index contributed by atoms with van der Waals surface area (Å²) in [5, 5.41) is 11.6. The molecule has 2 aromatic rings. The van der Waals surface area contributed by atoms with Crippen molar-refractivity contribution in [3.63, 3.8) is 0 Å². The molecule has 3 rings (SSSR count). The van der Waals surface area contributed by atoms with Gasteiger partial charge in [-0.2, -0.15) is 0 Å². The van der Waals surface area contributed by atoms with Crippen LogP contribution in [-0.2, 0) is 0 Å². The van der Waals surface area contributed by atoms with Crippen LogP contribution in [0.15, 0.2) is 24.3 Å². The van der Waals surface area contributed by atoms with Crippen molar-refractivity contribution in [1.82, 2.24) is 10.2 Å². The molecule has 0 unspecified atom stereocenters. The first kappa shape index (κ1) is 12.9. The van der Waals surface area contributed by atoms with Gasteiger partial charge in [-0.25, -0.2) is 0 Å². The maximum absolute atomic E-state index is 5.76. The normalized spacial score (nSPS) is 14.2. The van der Waals surface area contributed by atoms with E-state index >= 15 is 0 Å². The predicted octanol–water partition coefficient (Wildman–Crippen LogP) is 3.34. The van der Waals surface area contributed by atoms with Crippen molar-refractivity contribution < 1.29 is 4.74 Å². The molecule has 1 fully saturated rings. The van der Waals surface area contributed by atoms with Crippen molar-refractivity contribution in [2.75, 3.05) is 12.4 Å². The summed E-state index contributed by atoms with van der Waals surface area (Å²) >= 11 is 0. The number of anilines is 1. The minimum absolute atomic E-state index is 0.430. The second-order valence-electron chi connectivity index (χ2n) is 5.24. The molecule has 1 aliphatic rings. The van der Waals surface area contributed by atoms with E-state index in [-0.39, 0.29) is 0 Å². The summed E-state index contributed by atoms with van der Waals surface area (Å²) < 4.78 is 5.76. The predicted molar refractivity (Wildman–Crippen MR) is 80.1 cm³/mol. The summed E-state index contributed by atoms with van der Waals surface area (Å²) in [4.78, 5) is 0. The molecular formula is C16H19N3O. The van der Waals surface area contributed by atoms with Crippen molar-refractivity contribution >= 4 is 5.82 Å². The third-order valence-corrected chi connectivity index (χ3v) is 3.71. The number of nitrogens with zero attached hydrogens (tertiary/aromatic N) is 2. The maximum Gasteiger partial charge on any atom is 0.151 e. The van der Waals surface area contributed by atoms with E-state index in [4.69, 9.17) is 4.74 Å². The van der Waals surface area contributed by atoms with Gasteiger partial charge in [0.25, 0.3) is 0 Å². The van der Waals surface area contributed by atoms with Crippen molar-refractivity contribution in [2.24, 2.45) is 0 Å². The van der Waals surface area contributed by atoms with Crippen molar-refractivity contribution in [1.29, 1.82) is 0 Å². The third kappa shape index (κ3) is 2.46. The zero-order valence-corrected chi connectivity index (χ0v) is 12.1. The Morgan fingerprint density at radius 1 is 1.05 bits per heavy atom. The summed E-state index contributed by atoms with van der Waals surface area (Å²) in [6.45, 7) is 4.14. The Labute approximate surface area is 119 Å². The van der Waals surface area contributed by atoms with Crippen LogP contribution in [0.1, 0.15) is 24.0 Å². The average Bonchev–Trinajstić information content (AvgIpc) is 3.27. The van der Waals surface area contributed by atoms with Gasteiger partial charge in [-0.05, 0) is 62.1 Å². The van der Waals surface area contributed by atoms with E-state index in [1.807, 2.05) is 31.3 Å². The number of benzene rings is 1. The Kier molecular flexibility index (Phi) is 3.30. The van der Waals surface area contributed by atoms with E-state index in [0.29, 0.717) is 6.10 Å². The Bertz CT molecular complexity index is 618. The average molecular weight is 269 g/mol. The minimum atomic E-state index is 0.430. The zero-order valence-electron chi connectivity index (χ0n) is 12.1. The van der Waals surface area contributed by atoms with E-state index in [1.54, 1.807) is 0 Å². The van der Waals surface area contributed by atoms with Crippen LogP contribution >= 0.6 is 0 Å². The molecular weight excluding hydrogens is 250 g/mol. The van der Waals surface area contributed by atoms with Gasteiger partial charge in [0.05, 0.1) is 11.8 Å². The molecule has 0 amide bonds. The molecule has 4 heteroatoms. The molecule has 1 N–H and O–H groups in total. The molecule has 1 aliphatic carbocycles. The monoisotopic (exact) mass is 269 g/mol. The highest BCUT2D eigenvalue weighted by atomic mass is 16.5. The first-order valence-electron chi connectivity index (χ1n) is 6.97. The molecule has 0 atom stereocenters. The van der Waals surface area contributed by atoms with Crippen LogP contribution in [0.2, 0.25) is 0 Å². The number of aromatic nitrogens is 2. The van der Waals surface area contributed by atoms with E-state index in [2.05, 4.69) is 29.4 Å². The van der Waals surface area contributed by atoms with Crippen LogP contribution in [0.4, 0.5) is 5.82 Å². The maximum atomic E-state index is 5.76. The lowest BCUT2D eigenvalue weighted by atomic mass is 10.0. The summed E-state index contributed by atoms with van der Waals surface area (Å²) in [6.07, 6.45) is 2.79. The van der Waals surface area contributed by atoms with E-state index < -0.39 is 0 Å². The molecule has 1 aromatic carbocycles. The standard InChI is InChI=1S/C16H19N3O/c1-10-11(2)16(17-3)19-18-15(10)12-4-6-13(7-5-12)20-14-8-9-14/h4-7,14H,8-9H2,1-3H3,(H,17,19). The topological polar surface area (TPSA) is 47.0 Å². The largest absolute Gasteiger partial charge is 0.490 e. The number of nitrogens with one attached hydrogen (secondary N) is 1. The van der Waals surface area contributed by atoms with Gasteiger partial charge in [-0.15, -0.1) is 10.2 Å². The smallest absolute Gasteiger partial charge is 0.151 e. The molecule has 0 bridgehead atoms. The lowest BCUT2D eigenvalue weighted by molar-refractivity contribution is 0.303. The van der Waals surface area contributed by atoms with Gasteiger partial charge in [-0.1, -0.05) is 0 Å². The van der Waals surface area contributed by atoms with E-state index in [9.17, 15) is 0 Å². The zero-order chi connectivity index (χ0) is 14.1. The summed E-state index contributed by atoms with van der Waals surface area (Å²) in [5.41, 5.74) is 4.29. The lowest BCUT2D eigenvalue weighted by Gasteiger charge is -2.11. The minimum Gasteiger partial charge on any atom is -0.490 e. The highest BCUT2D eigenvalue weighted by Crippen LogP contribution is 2.30. The fraction of sp³-hybridized carbons (Fsp3) is 0.375. The van der Waals surface area contributed by atoms with E-state index in [1.165, 1.54) is 12.8 Å². The highest BCUT2D eigenvalue weighted by molar-refractivity contribution is 5.67. The summed E-state index contributed by atoms with van der Waals surface area (Å²) in [7, 11) is 1.86. The Balaban J connectivity index is 1.90. The number of ether oxygens (including phenoxy) is 1. The molecule has 0 spiro atoms. The lowest BCUT2D eigenvalue weighted by Crippen LogP contribution is -2.02. The van der Waals surface area contributed by atoms with Crippen LogP contribution < -0.4 is 10.1 Å². The molecule has 20 heavy (non-hydrogen) atoms. The van der Waals surface area contributed by atoms with Gasteiger partial charge in [0.1, 0.15) is 5.75 Å². The van der Waals surface area contributed by atoms with Gasteiger partial charge in [0.2, 0.25) is 0 Å². The Hall–Kier alpha value is -2.10. The highest BCUT2D eigenvalue weighted by Gasteiger charge is 2.23. The second kappa shape index (κ2) is 5.12. The van der Waals surface area contributed by atoms with Gasteiger partial charge >= 0.3 is 0 Å². The molecule has 1 heterocycles. The molecule has 1 aromatic heterocycles. The van der Waals surface area contributed by atoms with Gasteiger partial charge < -0.3 is 10.1 Å². The number of hydrogen-bond donors (Lipinski definition) is 1. The summed E-state index contributed by atoms with van der Waals surface area (Å²) in [6, 6.07) is 8.12. The van der Waals surface area contributed by atoms with Crippen LogP contribution in [0.5, 0.6) is 5.75 Å². The van der Waals surface area contributed by atoms with Crippen molar-refractivity contribution in [2.45, 2.75) is 32.8 Å². The first-order valence-corrected chi connectivity index (χ1v) is 6.97. The second-order valence-corrected chi connectivity index (χ2v) is 5.24. The molecule has 4 nitrogen and oxygen atoms in total. The number of rotatable bonds is 4. The Morgan fingerprint density at radius 3 is 2.35 bits per heavy atom. The molecule has 0 radical (unpaired) electrons. The molecule has 1 saturated carbocycles. The van der Waals surface area contributed by atoms with Gasteiger partial charge in [0.15, 0.2) is 5.82 Å². The van der Waals surface area contributed by atoms with Crippen molar-refractivity contribution in [3.8, 4) is 17.0 Å². The fourth-order valence-electron chi connectivity index (χ4n) is 2.19. The van der Waals surface area contributed by atoms with Crippen LogP contribution in [0.25, 0.3) is 11.3 Å². The third-order valence-electron chi connectivity index (χ3n) is 3.71. The first-order chi connectivity index (χ1) is 9.69. The van der Waals surface area contributed by atoms with Crippen LogP contribution in [0, 0.1) is 13.8 Å². The fourth-order valence-corrected chi connectivity index (χ4v) is 2.19. The van der Waals surface area contributed by atoms with Crippen molar-refractivity contribution in [3.05, 3.63) is 35.4 Å². The molecule has 104 valence electrons. The van der Waals surface area contributed by atoms with Gasteiger partial charge in [-0.3, -0.25) is 0 Å². The van der Waals surface area contributed by atoms with E-state index in [0.717, 1.165) is 34.0 Å². The SMILES string of the molecule is CNc1nnc(-c2ccc(OC3CC3)cc2)c(C)c1C. The Morgan fingerprint density at radius 2 is 1.75 bits per heavy atom. The number of hydrogen-bond acceptors (Lipinski definition) is 4. The summed E-state index contributed by atoms with van der Waals surface area (Å²) in [5.74, 6) is 1.77. The van der Waals surface area contributed by atoms with Gasteiger partial charge in [0, 0.05) is 12.6 Å².